The first kappa shape index (κ1) is 28.5. The first-order valence-corrected chi connectivity index (χ1v) is 13.3. The van der Waals surface area contributed by atoms with Crippen LogP contribution < -0.4 is 10.2 Å². The molecule has 1 aliphatic carbocycles. The zero-order valence-electron chi connectivity index (χ0n) is 22.7. The van der Waals surface area contributed by atoms with E-state index in [0.29, 0.717) is 16.9 Å². The van der Waals surface area contributed by atoms with Crippen LogP contribution in [0.25, 0.3) is 0 Å². The Bertz CT molecular complexity index is 1220. The summed E-state index contributed by atoms with van der Waals surface area (Å²) in [7, 11) is 0. The number of nitriles is 1. The molecule has 1 saturated heterocycles. The average molecular weight is 543 g/mol. The summed E-state index contributed by atoms with van der Waals surface area (Å²) in [4.78, 5) is 30.7. The number of H-pyrrole nitrogens is 1. The second-order valence-corrected chi connectivity index (χ2v) is 11.7. The van der Waals surface area contributed by atoms with Crippen LogP contribution in [0.2, 0.25) is 0 Å². The molecule has 1 saturated carbocycles. The second-order valence-electron chi connectivity index (χ2n) is 11.7. The second kappa shape index (κ2) is 10.9. The maximum atomic E-state index is 14.2. The summed E-state index contributed by atoms with van der Waals surface area (Å²) >= 11 is 0. The molecular weight excluding hydrogens is 506 g/mol. The van der Waals surface area contributed by atoms with Crippen LogP contribution in [0.4, 0.5) is 14.5 Å². The van der Waals surface area contributed by atoms with Crippen LogP contribution in [-0.4, -0.2) is 62.7 Å². The van der Waals surface area contributed by atoms with Crippen LogP contribution in [0.3, 0.4) is 0 Å². The van der Waals surface area contributed by atoms with E-state index < -0.39 is 42.0 Å². The number of carbonyl (C=O) groups is 2. The van der Waals surface area contributed by atoms with Crippen LogP contribution in [0, 0.1) is 18.4 Å². The average Bonchev–Trinajstić information content (AvgIpc) is 3.47. The molecule has 4 rings (SSSR count). The van der Waals surface area contributed by atoms with Gasteiger partial charge in [-0.15, -0.1) is 0 Å². The van der Waals surface area contributed by atoms with Crippen molar-refractivity contribution >= 4 is 17.5 Å². The third-order valence-corrected chi connectivity index (χ3v) is 7.67. The lowest BCUT2D eigenvalue weighted by atomic mass is 9.87. The number of hydrogen-bond donors (Lipinski definition) is 3. The summed E-state index contributed by atoms with van der Waals surface area (Å²) in [6.07, 6.45) is 2.25. The van der Waals surface area contributed by atoms with E-state index in [2.05, 4.69) is 36.3 Å². The van der Waals surface area contributed by atoms with E-state index in [0.717, 1.165) is 5.56 Å². The van der Waals surface area contributed by atoms with E-state index in [-0.39, 0.29) is 44.1 Å². The number of carbonyl (C=O) groups excluding carboxylic acids is 2. The Morgan fingerprint density at radius 1 is 1.26 bits per heavy atom. The van der Waals surface area contributed by atoms with Gasteiger partial charge in [-0.1, -0.05) is 32.9 Å². The number of amides is 2. The van der Waals surface area contributed by atoms with Gasteiger partial charge in [0.25, 0.3) is 5.91 Å². The van der Waals surface area contributed by atoms with Gasteiger partial charge in [0.05, 0.1) is 18.8 Å². The summed E-state index contributed by atoms with van der Waals surface area (Å²) in [5.41, 5.74) is 2.32. The molecule has 0 bridgehead atoms. The Morgan fingerprint density at radius 3 is 2.44 bits per heavy atom. The number of β-amino-alcohol motifs (C(OH)–C–C–N with tert-alkyl or cyclic N) is 1. The van der Waals surface area contributed by atoms with E-state index in [9.17, 15) is 28.7 Å². The highest BCUT2D eigenvalue weighted by molar-refractivity contribution is 6.04. The first-order chi connectivity index (χ1) is 18.3. The van der Waals surface area contributed by atoms with E-state index in [1.807, 2.05) is 18.3 Å². The first-order valence-electron chi connectivity index (χ1n) is 13.3. The van der Waals surface area contributed by atoms with Crippen LogP contribution in [-0.2, 0) is 15.0 Å². The highest BCUT2D eigenvalue weighted by Crippen LogP contribution is 2.36. The molecule has 2 amide bonds. The van der Waals surface area contributed by atoms with Crippen LogP contribution in [0.5, 0.6) is 0 Å². The topological polar surface area (TPSA) is 125 Å². The van der Waals surface area contributed by atoms with Gasteiger partial charge in [-0.3, -0.25) is 24.5 Å². The van der Waals surface area contributed by atoms with Crippen molar-refractivity contribution < 1.29 is 23.5 Å². The number of aryl methyl sites for hydroxylation is 1. The smallest absolute Gasteiger partial charge is 0.251 e. The predicted molar refractivity (Wildman–Crippen MR) is 141 cm³/mol. The van der Waals surface area contributed by atoms with Gasteiger partial charge < -0.3 is 10.4 Å². The predicted octanol–water partition coefficient (Wildman–Crippen LogP) is 3.70. The summed E-state index contributed by atoms with van der Waals surface area (Å²) in [5, 5.41) is 29.7. The van der Waals surface area contributed by atoms with Crippen molar-refractivity contribution in [2.75, 3.05) is 11.4 Å². The molecule has 210 valence electrons. The molecule has 0 spiro atoms. The molecule has 2 heterocycles. The van der Waals surface area contributed by atoms with Crippen LogP contribution >= 0.6 is 0 Å². The Morgan fingerprint density at radius 2 is 1.90 bits per heavy atom. The maximum Gasteiger partial charge on any atom is 0.251 e. The molecular formula is C28H36F2N6O3. The number of aromatic amines is 1. The molecule has 1 unspecified atom stereocenters. The SMILES string of the molecule is Cc1[nH]ncc1C(C(=O)NC1CCC(F)(F)CC1)N(C(=O)[C@H]1C[C@@H](O)CN1C#N)c1ccc(C(C)(C)C)cc1. The Hall–Kier alpha value is -3.52. The van der Waals surface area contributed by atoms with E-state index in [4.69, 9.17) is 0 Å². The fourth-order valence-corrected chi connectivity index (χ4v) is 5.34. The molecule has 1 aromatic heterocycles. The summed E-state index contributed by atoms with van der Waals surface area (Å²) in [6.45, 7) is 7.94. The molecule has 2 aliphatic rings. The number of rotatable bonds is 6. The highest BCUT2D eigenvalue weighted by atomic mass is 19.3. The molecule has 3 atom stereocenters. The number of nitrogens with one attached hydrogen (secondary N) is 2. The van der Waals surface area contributed by atoms with Gasteiger partial charge in [-0.25, -0.2) is 8.78 Å². The van der Waals surface area contributed by atoms with Crippen molar-refractivity contribution in [3.63, 3.8) is 0 Å². The lowest BCUT2D eigenvalue weighted by Gasteiger charge is -2.36. The van der Waals surface area contributed by atoms with Crippen LogP contribution in [0.15, 0.2) is 30.5 Å². The molecule has 2 aromatic rings. The van der Waals surface area contributed by atoms with Gasteiger partial charge in [0, 0.05) is 42.2 Å². The van der Waals surface area contributed by atoms with Crippen LogP contribution in [0.1, 0.15) is 75.7 Å². The van der Waals surface area contributed by atoms with Crippen molar-refractivity contribution in [2.24, 2.45) is 0 Å². The molecule has 2 fully saturated rings. The van der Waals surface area contributed by atoms with E-state index in [1.165, 1.54) is 16.0 Å². The minimum Gasteiger partial charge on any atom is -0.391 e. The summed E-state index contributed by atoms with van der Waals surface area (Å²) < 4.78 is 27.5. The van der Waals surface area contributed by atoms with Gasteiger partial charge in [0.15, 0.2) is 6.19 Å². The normalized spacial score (nSPS) is 22.3. The monoisotopic (exact) mass is 542 g/mol. The number of aliphatic hydroxyl groups is 1. The van der Waals surface area contributed by atoms with Gasteiger partial charge in [0.2, 0.25) is 11.8 Å². The molecule has 3 N–H and O–H groups in total. The van der Waals surface area contributed by atoms with Crippen molar-refractivity contribution in [3.05, 3.63) is 47.3 Å². The van der Waals surface area contributed by atoms with Gasteiger partial charge in [0.1, 0.15) is 12.1 Å². The maximum absolute atomic E-state index is 14.2. The molecule has 1 aromatic carbocycles. The van der Waals surface area contributed by atoms with Gasteiger partial charge in [-0.2, -0.15) is 10.4 Å². The Kier molecular flexibility index (Phi) is 7.98. The number of aliphatic hydroxyl groups excluding tert-OH is 1. The number of likely N-dealkylation sites (tertiary alicyclic amines) is 1. The minimum atomic E-state index is -2.75. The standard InChI is InChI=1S/C28H36F2N6O3/c1-17-22(14-32-34-17)24(25(38)33-19-9-11-28(29,30)12-10-19)36(20-7-5-18(6-8-20)27(2,3)4)26(39)23-13-21(37)15-35(23)16-31/h5-8,14,19,21,23-24,37H,9-13,15H2,1-4H3,(H,32,34)(H,33,38)/t21-,23-,24?/m1/s1. The number of halogens is 2. The lowest BCUT2D eigenvalue weighted by molar-refractivity contribution is -0.129. The Balaban J connectivity index is 1.76. The number of nitrogens with zero attached hydrogens (tertiary/aromatic N) is 4. The summed E-state index contributed by atoms with van der Waals surface area (Å²) in [5.74, 6) is -3.79. The summed E-state index contributed by atoms with van der Waals surface area (Å²) in [6, 6.07) is 4.69. The van der Waals surface area contributed by atoms with E-state index in [1.54, 1.807) is 19.1 Å². The molecule has 0 radical (unpaired) electrons. The quantitative estimate of drug-likeness (QED) is 0.478. The number of aromatic nitrogens is 2. The largest absolute Gasteiger partial charge is 0.391 e. The van der Waals surface area contributed by atoms with E-state index >= 15 is 0 Å². The minimum absolute atomic E-state index is 0.0155. The number of alkyl halides is 2. The number of hydrogen-bond acceptors (Lipinski definition) is 6. The van der Waals surface area contributed by atoms with Crippen molar-refractivity contribution in [3.8, 4) is 6.19 Å². The van der Waals surface area contributed by atoms with Crippen molar-refractivity contribution in [1.29, 1.82) is 5.26 Å². The molecule has 1 aliphatic heterocycles. The third-order valence-electron chi connectivity index (χ3n) is 7.67. The highest BCUT2D eigenvalue weighted by Gasteiger charge is 2.44. The number of benzene rings is 1. The lowest BCUT2D eigenvalue weighted by Crippen LogP contribution is -2.52. The number of anilines is 1. The van der Waals surface area contributed by atoms with Gasteiger partial charge in [-0.05, 0) is 42.9 Å². The van der Waals surface area contributed by atoms with Gasteiger partial charge >= 0.3 is 0 Å². The zero-order chi connectivity index (χ0) is 28.5. The zero-order valence-corrected chi connectivity index (χ0v) is 22.7. The Labute approximate surface area is 227 Å². The molecule has 9 nitrogen and oxygen atoms in total. The third kappa shape index (κ3) is 6.22. The fraction of sp³-hybridized carbons (Fsp3) is 0.571. The fourth-order valence-electron chi connectivity index (χ4n) is 5.34. The van der Waals surface area contributed by atoms with Crippen molar-refractivity contribution in [2.45, 2.75) is 95.4 Å². The van der Waals surface area contributed by atoms with Crippen molar-refractivity contribution in [1.82, 2.24) is 20.4 Å². The molecule has 39 heavy (non-hydrogen) atoms. The molecule has 11 heteroatoms.